The van der Waals surface area contributed by atoms with Crippen LogP contribution in [0.1, 0.15) is 40.9 Å². The first-order chi connectivity index (χ1) is 17.3. The minimum Gasteiger partial charge on any atom is -0.333 e. The highest BCUT2D eigenvalue weighted by Gasteiger charge is 2.33. The van der Waals surface area contributed by atoms with E-state index in [9.17, 15) is 4.79 Å². The number of nitrogens with zero attached hydrogens (tertiary/aromatic N) is 3. The van der Waals surface area contributed by atoms with Crippen LogP contribution in [0.5, 0.6) is 0 Å². The Morgan fingerprint density at radius 3 is 2.26 bits per heavy atom. The Kier molecular flexibility index (Phi) is 6.05. The highest BCUT2D eigenvalue weighted by molar-refractivity contribution is 6.11. The number of aromatic nitrogens is 1. The molecule has 1 aromatic heterocycles. The van der Waals surface area contributed by atoms with Crippen molar-refractivity contribution < 1.29 is 4.79 Å². The SMILES string of the molecule is O=C1c2c(nc3ccccc3c2-c2ccccc2)CN1CCC1CCN(Cc2ccccc2)CC1. The summed E-state index contributed by atoms with van der Waals surface area (Å²) in [6.07, 6.45) is 3.48. The largest absolute Gasteiger partial charge is 0.333 e. The van der Waals surface area contributed by atoms with Gasteiger partial charge in [-0.2, -0.15) is 0 Å². The first-order valence-electron chi connectivity index (χ1n) is 12.8. The van der Waals surface area contributed by atoms with Crippen LogP contribution in [0.25, 0.3) is 22.0 Å². The van der Waals surface area contributed by atoms with E-state index in [1.165, 1.54) is 18.4 Å². The molecule has 0 bridgehead atoms. The van der Waals surface area contributed by atoms with Crippen molar-refractivity contribution in [2.75, 3.05) is 19.6 Å². The van der Waals surface area contributed by atoms with E-state index < -0.39 is 0 Å². The third-order valence-corrected chi connectivity index (χ3v) is 7.63. The molecule has 35 heavy (non-hydrogen) atoms. The zero-order chi connectivity index (χ0) is 23.6. The number of hydrogen-bond donors (Lipinski definition) is 0. The number of hydrogen-bond acceptors (Lipinski definition) is 3. The first kappa shape index (κ1) is 22.0. The molecule has 0 atom stereocenters. The molecule has 3 heterocycles. The third-order valence-electron chi connectivity index (χ3n) is 7.63. The first-order valence-corrected chi connectivity index (χ1v) is 12.8. The second-order valence-electron chi connectivity index (χ2n) is 9.91. The minimum atomic E-state index is 0.138. The standard InChI is InChI=1S/C31H31N3O/c35-31-30-28(32-27-14-8-7-13-26(27)29(30)25-11-5-2-6-12-25)22-34(31)20-17-23-15-18-33(19-16-23)21-24-9-3-1-4-10-24/h1-14,23H,15-22H2. The molecule has 4 heteroatoms. The normalized spacial score (nSPS) is 16.7. The maximum absolute atomic E-state index is 13.6. The predicted molar refractivity (Wildman–Crippen MR) is 141 cm³/mol. The van der Waals surface area contributed by atoms with Gasteiger partial charge in [-0.15, -0.1) is 0 Å². The number of fused-ring (bicyclic) bond motifs is 2. The Hall–Kier alpha value is -3.50. The average molecular weight is 462 g/mol. The highest BCUT2D eigenvalue weighted by Crippen LogP contribution is 2.37. The van der Waals surface area contributed by atoms with Gasteiger partial charge < -0.3 is 4.90 Å². The molecule has 1 fully saturated rings. The number of rotatable bonds is 6. The molecule has 0 N–H and O–H groups in total. The van der Waals surface area contributed by atoms with Gasteiger partial charge in [0.2, 0.25) is 0 Å². The molecular weight excluding hydrogens is 430 g/mol. The van der Waals surface area contributed by atoms with Crippen LogP contribution in [-0.2, 0) is 13.1 Å². The Morgan fingerprint density at radius 2 is 1.49 bits per heavy atom. The fraction of sp³-hybridized carbons (Fsp3) is 0.290. The fourth-order valence-corrected chi connectivity index (χ4v) is 5.72. The van der Waals surface area contributed by atoms with Gasteiger partial charge in [0, 0.05) is 24.0 Å². The summed E-state index contributed by atoms with van der Waals surface area (Å²) in [5.74, 6) is 0.817. The summed E-state index contributed by atoms with van der Waals surface area (Å²) in [4.78, 5) is 23.1. The van der Waals surface area contributed by atoms with Crippen LogP contribution >= 0.6 is 0 Å². The zero-order valence-corrected chi connectivity index (χ0v) is 20.1. The fourth-order valence-electron chi connectivity index (χ4n) is 5.72. The van der Waals surface area contributed by atoms with Crippen molar-refractivity contribution in [1.29, 1.82) is 0 Å². The van der Waals surface area contributed by atoms with Crippen molar-refractivity contribution >= 4 is 16.8 Å². The molecule has 0 radical (unpaired) electrons. The van der Waals surface area contributed by atoms with Crippen LogP contribution in [0.15, 0.2) is 84.9 Å². The third kappa shape index (κ3) is 4.46. The number of para-hydroxylation sites is 1. The Morgan fingerprint density at radius 1 is 0.800 bits per heavy atom. The van der Waals surface area contributed by atoms with Crippen LogP contribution in [0.3, 0.4) is 0 Å². The molecule has 1 amide bonds. The maximum Gasteiger partial charge on any atom is 0.256 e. The van der Waals surface area contributed by atoms with E-state index in [1.807, 2.05) is 35.2 Å². The van der Waals surface area contributed by atoms with Crippen LogP contribution in [-0.4, -0.2) is 40.3 Å². The lowest BCUT2D eigenvalue weighted by Crippen LogP contribution is -2.35. The topological polar surface area (TPSA) is 36.4 Å². The zero-order valence-electron chi connectivity index (χ0n) is 20.1. The molecule has 4 nitrogen and oxygen atoms in total. The van der Waals surface area contributed by atoms with Crippen molar-refractivity contribution in [2.45, 2.75) is 32.4 Å². The number of benzene rings is 3. The Labute approximate surface area is 207 Å². The number of amides is 1. The Balaban J connectivity index is 1.15. The van der Waals surface area contributed by atoms with Crippen LogP contribution in [0.2, 0.25) is 0 Å². The predicted octanol–water partition coefficient (Wildman–Crippen LogP) is 6.16. The summed E-state index contributed by atoms with van der Waals surface area (Å²) in [5.41, 5.74) is 6.19. The second-order valence-corrected chi connectivity index (χ2v) is 9.91. The highest BCUT2D eigenvalue weighted by atomic mass is 16.2. The molecule has 0 aliphatic carbocycles. The van der Waals surface area contributed by atoms with Gasteiger partial charge in [0.25, 0.3) is 5.91 Å². The van der Waals surface area contributed by atoms with E-state index in [1.54, 1.807) is 0 Å². The monoisotopic (exact) mass is 461 g/mol. The van der Waals surface area contributed by atoms with Crippen molar-refractivity contribution in [1.82, 2.24) is 14.8 Å². The number of piperidine rings is 1. The van der Waals surface area contributed by atoms with Gasteiger partial charge in [-0.3, -0.25) is 14.7 Å². The summed E-state index contributed by atoms with van der Waals surface area (Å²) < 4.78 is 0. The number of pyridine rings is 1. The molecule has 176 valence electrons. The molecule has 3 aromatic carbocycles. The molecule has 4 aromatic rings. The number of carbonyl (C=O) groups is 1. The van der Waals surface area contributed by atoms with E-state index >= 15 is 0 Å². The Bertz CT molecular complexity index is 1330. The van der Waals surface area contributed by atoms with Gasteiger partial charge in [0.15, 0.2) is 0 Å². The molecular formula is C31H31N3O. The summed E-state index contributed by atoms with van der Waals surface area (Å²) in [7, 11) is 0. The van der Waals surface area contributed by atoms with Gasteiger partial charge in [-0.1, -0.05) is 78.9 Å². The number of likely N-dealkylation sites (tertiary alicyclic amines) is 1. The van der Waals surface area contributed by atoms with Crippen molar-refractivity contribution in [2.24, 2.45) is 5.92 Å². The summed E-state index contributed by atoms with van der Waals surface area (Å²) >= 11 is 0. The molecule has 6 rings (SSSR count). The number of carbonyl (C=O) groups excluding carboxylic acids is 1. The van der Waals surface area contributed by atoms with Gasteiger partial charge in [0.1, 0.15) is 0 Å². The van der Waals surface area contributed by atoms with Crippen LogP contribution in [0, 0.1) is 5.92 Å². The van der Waals surface area contributed by atoms with Gasteiger partial charge in [-0.05, 0) is 55.5 Å². The maximum atomic E-state index is 13.6. The van der Waals surface area contributed by atoms with E-state index in [2.05, 4.69) is 59.5 Å². The van der Waals surface area contributed by atoms with Crippen molar-refractivity contribution in [3.63, 3.8) is 0 Å². The smallest absolute Gasteiger partial charge is 0.256 e. The van der Waals surface area contributed by atoms with E-state index in [4.69, 9.17) is 4.98 Å². The lowest BCUT2D eigenvalue weighted by molar-refractivity contribution is 0.0757. The molecule has 2 aliphatic heterocycles. The van der Waals surface area contributed by atoms with E-state index in [0.29, 0.717) is 12.5 Å². The molecule has 0 saturated carbocycles. The average Bonchev–Trinajstić information content (AvgIpc) is 3.22. The molecule has 0 unspecified atom stereocenters. The second kappa shape index (κ2) is 9.63. The summed E-state index contributed by atoms with van der Waals surface area (Å²) in [6, 6.07) is 29.2. The summed E-state index contributed by atoms with van der Waals surface area (Å²) in [6.45, 7) is 4.74. The lowest BCUT2D eigenvalue weighted by Gasteiger charge is -2.32. The lowest BCUT2D eigenvalue weighted by atomic mass is 9.93. The van der Waals surface area contributed by atoms with E-state index in [-0.39, 0.29) is 5.91 Å². The van der Waals surface area contributed by atoms with Gasteiger partial charge in [0.05, 0.1) is 23.3 Å². The van der Waals surface area contributed by atoms with Crippen LogP contribution in [0.4, 0.5) is 0 Å². The molecule has 0 spiro atoms. The van der Waals surface area contributed by atoms with Crippen LogP contribution < -0.4 is 0 Å². The quantitative estimate of drug-likeness (QED) is 0.345. The van der Waals surface area contributed by atoms with Gasteiger partial charge in [-0.25, -0.2) is 0 Å². The van der Waals surface area contributed by atoms with E-state index in [0.717, 1.165) is 65.9 Å². The minimum absolute atomic E-state index is 0.138. The van der Waals surface area contributed by atoms with Gasteiger partial charge >= 0.3 is 0 Å². The molecule has 1 saturated heterocycles. The molecule has 2 aliphatic rings. The van der Waals surface area contributed by atoms with Crippen molar-refractivity contribution in [3.05, 3.63) is 102 Å². The van der Waals surface area contributed by atoms with Crippen molar-refractivity contribution in [3.8, 4) is 11.1 Å². The summed E-state index contributed by atoms with van der Waals surface area (Å²) in [5, 5.41) is 1.05.